The summed E-state index contributed by atoms with van der Waals surface area (Å²) >= 11 is 5.76. The van der Waals surface area contributed by atoms with Crippen molar-refractivity contribution in [2.24, 2.45) is 5.92 Å². The van der Waals surface area contributed by atoms with Gasteiger partial charge in [0.15, 0.2) is 26.4 Å². The van der Waals surface area contributed by atoms with E-state index in [0.29, 0.717) is 30.0 Å². The van der Waals surface area contributed by atoms with Crippen molar-refractivity contribution in [1.82, 2.24) is 4.90 Å². The molecule has 1 aromatic carbocycles. The third-order valence-electron chi connectivity index (χ3n) is 5.23. The molecule has 26 heavy (non-hydrogen) atoms. The molecule has 0 aromatic heterocycles. The molecule has 4 rings (SSSR count). The molecule has 3 aliphatic rings. The van der Waals surface area contributed by atoms with Gasteiger partial charge in [-0.15, -0.1) is 0 Å². The molecule has 0 bridgehead atoms. The van der Waals surface area contributed by atoms with Crippen LogP contribution in [0.2, 0.25) is 0 Å². The molecule has 0 N–H and O–H groups in total. The molecule has 2 atom stereocenters. The van der Waals surface area contributed by atoms with Crippen molar-refractivity contribution in [1.29, 1.82) is 0 Å². The topological polar surface area (TPSA) is 59.1 Å². The average molecular weight is 397 g/mol. The van der Waals surface area contributed by atoms with E-state index in [-0.39, 0.29) is 23.6 Å². The summed E-state index contributed by atoms with van der Waals surface area (Å²) in [6, 6.07) is 5.52. The van der Waals surface area contributed by atoms with E-state index in [9.17, 15) is 8.42 Å². The molecule has 142 valence electrons. The van der Waals surface area contributed by atoms with Crippen molar-refractivity contribution in [3.05, 3.63) is 18.2 Å². The van der Waals surface area contributed by atoms with Crippen molar-refractivity contribution >= 4 is 32.9 Å². The first-order chi connectivity index (χ1) is 12.4. The molecule has 1 aromatic rings. The summed E-state index contributed by atoms with van der Waals surface area (Å²) in [6.45, 7) is 6.18. The van der Waals surface area contributed by atoms with Crippen molar-refractivity contribution in [2.75, 3.05) is 36.2 Å². The van der Waals surface area contributed by atoms with Crippen LogP contribution in [-0.4, -0.2) is 61.8 Å². The first-order valence-electron chi connectivity index (χ1n) is 9.05. The minimum Gasteiger partial charge on any atom is -0.486 e. The highest BCUT2D eigenvalue weighted by Gasteiger charge is 2.51. The lowest BCUT2D eigenvalue weighted by Crippen LogP contribution is -2.38. The SMILES string of the molecule is CC(C)CCN1C(=S)N(c2ccc3c(c2)OCCO3)[C@H]2CS(=O)(=O)C[C@@H]21. The summed E-state index contributed by atoms with van der Waals surface area (Å²) in [7, 11) is -3.06. The van der Waals surface area contributed by atoms with Gasteiger partial charge < -0.3 is 19.3 Å². The second-order valence-electron chi connectivity index (χ2n) is 7.57. The number of anilines is 1. The molecule has 3 heterocycles. The first kappa shape index (κ1) is 17.9. The van der Waals surface area contributed by atoms with Crippen LogP contribution in [0.25, 0.3) is 0 Å². The van der Waals surface area contributed by atoms with Gasteiger partial charge in [-0.05, 0) is 36.7 Å². The van der Waals surface area contributed by atoms with E-state index in [1.54, 1.807) is 0 Å². The molecule has 2 saturated heterocycles. The van der Waals surface area contributed by atoms with Crippen LogP contribution in [0.4, 0.5) is 5.69 Å². The number of ether oxygens (including phenoxy) is 2. The molecule has 3 aliphatic heterocycles. The Balaban J connectivity index is 1.67. The standard InChI is InChI=1S/C18H24N2O4S2/c1-12(2)5-6-19-14-10-26(21,22)11-15(14)20(18(19)25)13-3-4-16-17(9-13)24-8-7-23-16/h3-4,9,12,14-15H,5-8,10-11H2,1-2H3/t14-,15-/m0/s1. The summed E-state index contributed by atoms with van der Waals surface area (Å²) in [5.41, 5.74) is 0.874. The number of fused-ring (bicyclic) bond motifs is 2. The van der Waals surface area contributed by atoms with Crippen LogP contribution in [0, 0.1) is 5.92 Å². The average Bonchev–Trinajstić information content (AvgIpc) is 3.01. The normalized spacial score (nSPS) is 26.5. The highest BCUT2D eigenvalue weighted by molar-refractivity contribution is 7.91. The smallest absolute Gasteiger partial charge is 0.176 e. The predicted molar refractivity (Wildman–Crippen MR) is 105 cm³/mol. The molecular formula is C18H24N2O4S2. The van der Waals surface area contributed by atoms with Gasteiger partial charge in [-0.25, -0.2) is 8.42 Å². The number of benzene rings is 1. The lowest BCUT2D eigenvalue weighted by molar-refractivity contribution is 0.171. The van der Waals surface area contributed by atoms with Gasteiger partial charge >= 0.3 is 0 Å². The van der Waals surface area contributed by atoms with Crippen LogP contribution >= 0.6 is 12.2 Å². The summed E-state index contributed by atoms with van der Waals surface area (Å²) < 4.78 is 35.9. The van der Waals surface area contributed by atoms with Crippen LogP contribution in [0.5, 0.6) is 11.5 Å². The molecule has 8 heteroatoms. The van der Waals surface area contributed by atoms with Gasteiger partial charge in [0.2, 0.25) is 0 Å². The molecule has 2 fully saturated rings. The van der Waals surface area contributed by atoms with Crippen LogP contribution < -0.4 is 14.4 Å². The van der Waals surface area contributed by atoms with Gasteiger partial charge in [-0.2, -0.15) is 0 Å². The Morgan fingerprint density at radius 2 is 1.85 bits per heavy atom. The fraction of sp³-hybridized carbons (Fsp3) is 0.611. The van der Waals surface area contributed by atoms with Gasteiger partial charge in [0.05, 0.1) is 23.6 Å². The second-order valence-corrected chi connectivity index (χ2v) is 10.1. The minimum atomic E-state index is -3.06. The lowest BCUT2D eigenvalue weighted by Gasteiger charge is -2.27. The predicted octanol–water partition coefficient (Wildman–Crippen LogP) is 2.08. The molecule has 6 nitrogen and oxygen atoms in total. The Morgan fingerprint density at radius 1 is 1.15 bits per heavy atom. The maximum Gasteiger partial charge on any atom is 0.176 e. The fourth-order valence-electron chi connectivity index (χ4n) is 3.92. The number of nitrogens with zero attached hydrogens (tertiary/aromatic N) is 2. The van der Waals surface area contributed by atoms with Gasteiger partial charge in [-0.3, -0.25) is 0 Å². The van der Waals surface area contributed by atoms with Gasteiger partial charge in [-0.1, -0.05) is 13.8 Å². The van der Waals surface area contributed by atoms with E-state index in [1.807, 2.05) is 23.1 Å². The van der Waals surface area contributed by atoms with Crippen molar-refractivity contribution < 1.29 is 17.9 Å². The zero-order chi connectivity index (χ0) is 18.5. The Bertz CT molecular complexity index is 824. The van der Waals surface area contributed by atoms with E-state index < -0.39 is 9.84 Å². The van der Waals surface area contributed by atoms with Crippen molar-refractivity contribution in [2.45, 2.75) is 32.4 Å². The summed E-state index contributed by atoms with van der Waals surface area (Å²) in [5.74, 6) is 2.27. The van der Waals surface area contributed by atoms with Gasteiger partial charge in [0.25, 0.3) is 0 Å². The number of hydrogen-bond donors (Lipinski definition) is 0. The Kier molecular flexibility index (Phi) is 4.51. The Morgan fingerprint density at radius 3 is 2.58 bits per heavy atom. The van der Waals surface area contributed by atoms with E-state index in [4.69, 9.17) is 21.7 Å². The third kappa shape index (κ3) is 3.13. The molecule has 0 spiro atoms. The summed E-state index contributed by atoms with van der Waals surface area (Å²) in [4.78, 5) is 4.12. The quantitative estimate of drug-likeness (QED) is 0.722. The molecule has 0 saturated carbocycles. The molecule has 0 amide bonds. The third-order valence-corrected chi connectivity index (χ3v) is 7.36. The van der Waals surface area contributed by atoms with Crippen LogP contribution in [0.3, 0.4) is 0 Å². The number of hydrogen-bond acceptors (Lipinski definition) is 5. The first-order valence-corrected chi connectivity index (χ1v) is 11.3. The van der Waals surface area contributed by atoms with Crippen molar-refractivity contribution in [3.8, 4) is 11.5 Å². The highest BCUT2D eigenvalue weighted by Crippen LogP contribution is 2.39. The zero-order valence-corrected chi connectivity index (χ0v) is 16.7. The lowest BCUT2D eigenvalue weighted by atomic mass is 10.1. The maximum absolute atomic E-state index is 12.3. The van der Waals surface area contributed by atoms with E-state index in [2.05, 4.69) is 18.7 Å². The number of rotatable bonds is 4. The van der Waals surface area contributed by atoms with Gasteiger partial charge in [0, 0.05) is 18.3 Å². The van der Waals surface area contributed by atoms with E-state index in [1.165, 1.54) is 0 Å². The molecular weight excluding hydrogens is 372 g/mol. The van der Waals surface area contributed by atoms with Crippen LogP contribution in [-0.2, 0) is 9.84 Å². The zero-order valence-electron chi connectivity index (χ0n) is 15.1. The highest BCUT2D eigenvalue weighted by atomic mass is 32.2. The van der Waals surface area contributed by atoms with E-state index >= 15 is 0 Å². The largest absolute Gasteiger partial charge is 0.486 e. The molecule has 0 radical (unpaired) electrons. The number of thiocarbonyl (C=S) groups is 1. The minimum absolute atomic E-state index is 0.0700. The maximum atomic E-state index is 12.3. The van der Waals surface area contributed by atoms with Crippen LogP contribution in [0.1, 0.15) is 20.3 Å². The Hall–Kier alpha value is -1.54. The summed E-state index contributed by atoms with van der Waals surface area (Å²) in [5, 5.41) is 0.715. The molecule has 0 aliphatic carbocycles. The summed E-state index contributed by atoms with van der Waals surface area (Å²) in [6.07, 6.45) is 0.985. The van der Waals surface area contributed by atoms with Crippen LogP contribution in [0.15, 0.2) is 18.2 Å². The monoisotopic (exact) mass is 396 g/mol. The van der Waals surface area contributed by atoms with Gasteiger partial charge in [0.1, 0.15) is 13.2 Å². The Labute approximate surface area is 160 Å². The number of sulfone groups is 1. The molecule has 0 unspecified atom stereocenters. The van der Waals surface area contributed by atoms with E-state index in [0.717, 1.165) is 24.4 Å². The second kappa shape index (κ2) is 6.56. The van der Waals surface area contributed by atoms with Crippen molar-refractivity contribution in [3.63, 3.8) is 0 Å². The fourth-order valence-corrected chi connectivity index (χ4v) is 6.34.